The molecule has 3 nitrogen and oxygen atoms in total. The molecule has 2 aromatic carbocycles. The van der Waals surface area contributed by atoms with Gasteiger partial charge in [0.05, 0.1) is 5.41 Å². The highest BCUT2D eigenvalue weighted by Crippen LogP contribution is 2.52. The standard InChI is InChI=1S/C18H17FN2OS/c1-11-9-13(21-23-14-5-3-12(19)4-6-14)10-15-16(11)20-17(22)18(15)7-2-8-18/h3-6,9-10,21H,2,7-8H2,1H3,(H,20,22). The third kappa shape index (κ3) is 2.30. The van der Waals surface area contributed by atoms with E-state index < -0.39 is 0 Å². The Morgan fingerprint density at radius 2 is 1.96 bits per heavy atom. The molecule has 1 saturated carbocycles. The zero-order valence-corrected chi connectivity index (χ0v) is 13.6. The summed E-state index contributed by atoms with van der Waals surface area (Å²) in [4.78, 5) is 13.3. The number of amides is 1. The molecule has 1 spiro atoms. The van der Waals surface area contributed by atoms with Crippen molar-refractivity contribution < 1.29 is 9.18 Å². The first kappa shape index (κ1) is 14.6. The van der Waals surface area contributed by atoms with Crippen molar-refractivity contribution in [2.75, 3.05) is 10.0 Å². The Morgan fingerprint density at radius 3 is 2.61 bits per heavy atom. The summed E-state index contributed by atoms with van der Waals surface area (Å²) in [5.74, 6) is -0.0931. The van der Waals surface area contributed by atoms with Crippen LogP contribution in [0.15, 0.2) is 41.3 Å². The van der Waals surface area contributed by atoms with Crippen LogP contribution in [0.2, 0.25) is 0 Å². The van der Waals surface area contributed by atoms with Gasteiger partial charge in [-0.15, -0.1) is 0 Å². The third-order valence-electron chi connectivity index (χ3n) is 4.83. The Labute approximate surface area is 138 Å². The van der Waals surface area contributed by atoms with Gasteiger partial charge >= 0.3 is 0 Å². The predicted molar refractivity (Wildman–Crippen MR) is 91.2 cm³/mol. The molecule has 0 unspecified atom stereocenters. The minimum absolute atomic E-state index is 0.144. The third-order valence-corrected chi connectivity index (χ3v) is 5.68. The molecule has 2 N–H and O–H groups in total. The molecule has 0 radical (unpaired) electrons. The number of halogens is 1. The number of rotatable bonds is 3. The summed E-state index contributed by atoms with van der Waals surface area (Å²) in [5, 5.41) is 3.05. The van der Waals surface area contributed by atoms with Crippen LogP contribution in [0, 0.1) is 12.7 Å². The summed E-state index contributed by atoms with van der Waals surface area (Å²) in [6.07, 6.45) is 2.97. The highest BCUT2D eigenvalue weighted by molar-refractivity contribution is 8.00. The summed E-state index contributed by atoms with van der Waals surface area (Å²) in [6, 6.07) is 10.5. The molecule has 1 heterocycles. The average Bonchev–Trinajstić information content (AvgIpc) is 2.79. The van der Waals surface area contributed by atoms with Gasteiger partial charge in [-0.25, -0.2) is 4.39 Å². The fraction of sp³-hybridized carbons (Fsp3) is 0.278. The Bertz CT molecular complexity index is 784. The van der Waals surface area contributed by atoms with Crippen LogP contribution in [0.4, 0.5) is 15.8 Å². The van der Waals surface area contributed by atoms with Gasteiger partial charge in [-0.1, -0.05) is 6.42 Å². The minimum atomic E-state index is -0.307. The lowest BCUT2D eigenvalue weighted by Crippen LogP contribution is -2.40. The second kappa shape index (κ2) is 5.27. The van der Waals surface area contributed by atoms with E-state index in [1.165, 1.54) is 24.1 Å². The van der Waals surface area contributed by atoms with Crippen molar-refractivity contribution in [2.24, 2.45) is 0 Å². The predicted octanol–water partition coefficient (Wildman–Crippen LogP) is 4.63. The first-order valence-electron chi connectivity index (χ1n) is 7.73. The van der Waals surface area contributed by atoms with E-state index in [0.29, 0.717) is 0 Å². The van der Waals surface area contributed by atoms with Gasteiger partial charge in [0.1, 0.15) is 5.82 Å². The molecule has 118 valence electrons. The van der Waals surface area contributed by atoms with Crippen molar-refractivity contribution in [1.29, 1.82) is 0 Å². The van der Waals surface area contributed by atoms with Crippen LogP contribution in [-0.2, 0) is 10.2 Å². The van der Waals surface area contributed by atoms with Gasteiger partial charge in [0.25, 0.3) is 0 Å². The zero-order chi connectivity index (χ0) is 16.0. The number of fused-ring (bicyclic) bond motifs is 2. The van der Waals surface area contributed by atoms with Gasteiger partial charge in [0.15, 0.2) is 0 Å². The van der Waals surface area contributed by atoms with E-state index in [-0.39, 0.29) is 17.1 Å². The van der Waals surface area contributed by atoms with Crippen molar-refractivity contribution in [1.82, 2.24) is 0 Å². The first-order chi connectivity index (χ1) is 11.1. The molecule has 4 rings (SSSR count). The van der Waals surface area contributed by atoms with Crippen molar-refractivity contribution >= 4 is 29.2 Å². The molecule has 0 bridgehead atoms. The fourth-order valence-corrected chi connectivity index (χ4v) is 4.02. The number of benzene rings is 2. The summed E-state index contributed by atoms with van der Waals surface area (Å²) >= 11 is 1.44. The van der Waals surface area contributed by atoms with E-state index in [2.05, 4.69) is 16.1 Å². The maximum atomic E-state index is 13.0. The van der Waals surface area contributed by atoms with Gasteiger partial charge in [0, 0.05) is 16.3 Å². The molecule has 0 saturated heterocycles. The first-order valence-corrected chi connectivity index (χ1v) is 8.55. The highest BCUT2D eigenvalue weighted by atomic mass is 32.2. The maximum Gasteiger partial charge on any atom is 0.235 e. The molecular formula is C18H17FN2OS. The maximum absolute atomic E-state index is 13.0. The number of hydrogen-bond donors (Lipinski definition) is 2. The Hall–Kier alpha value is -2.01. The van der Waals surface area contributed by atoms with Crippen molar-refractivity contribution in [2.45, 2.75) is 36.5 Å². The van der Waals surface area contributed by atoms with Gasteiger partial charge in [0.2, 0.25) is 5.91 Å². The largest absolute Gasteiger partial charge is 0.326 e. The molecule has 1 aliphatic carbocycles. The van der Waals surface area contributed by atoms with E-state index in [9.17, 15) is 9.18 Å². The molecule has 1 fully saturated rings. The highest BCUT2D eigenvalue weighted by Gasteiger charge is 2.51. The van der Waals surface area contributed by atoms with E-state index in [1.807, 2.05) is 13.0 Å². The van der Waals surface area contributed by atoms with Crippen molar-refractivity contribution in [3.63, 3.8) is 0 Å². The second-order valence-corrected chi connectivity index (χ2v) is 7.14. The second-order valence-electron chi connectivity index (χ2n) is 6.26. The molecule has 2 aromatic rings. The molecule has 0 aromatic heterocycles. The Balaban J connectivity index is 1.60. The summed E-state index contributed by atoms with van der Waals surface area (Å²) in [7, 11) is 0. The SMILES string of the molecule is Cc1cc(NSc2ccc(F)cc2)cc2c1NC(=O)C21CCC1. The molecule has 23 heavy (non-hydrogen) atoms. The summed E-state index contributed by atoms with van der Waals surface area (Å²) in [6.45, 7) is 2.02. The van der Waals surface area contributed by atoms with E-state index in [0.717, 1.165) is 46.7 Å². The molecule has 2 aliphatic rings. The number of carbonyl (C=O) groups excluding carboxylic acids is 1. The number of aryl methyl sites for hydroxylation is 1. The van der Waals surface area contributed by atoms with Crippen LogP contribution in [0.5, 0.6) is 0 Å². The number of carbonyl (C=O) groups is 1. The lowest BCUT2D eigenvalue weighted by molar-refractivity contribution is -0.123. The number of hydrogen-bond acceptors (Lipinski definition) is 3. The quantitative estimate of drug-likeness (QED) is 0.807. The summed E-state index contributed by atoms with van der Waals surface area (Å²) in [5.41, 5.74) is 3.83. The minimum Gasteiger partial charge on any atom is -0.326 e. The number of anilines is 2. The molecule has 1 amide bonds. The average molecular weight is 328 g/mol. The van der Waals surface area contributed by atoms with Gasteiger partial charge < -0.3 is 10.0 Å². The number of nitrogens with one attached hydrogen (secondary N) is 2. The van der Waals surface area contributed by atoms with Crippen LogP contribution >= 0.6 is 11.9 Å². The lowest BCUT2D eigenvalue weighted by atomic mass is 9.65. The van der Waals surface area contributed by atoms with E-state index in [4.69, 9.17) is 0 Å². The van der Waals surface area contributed by atoms with Crippen LogP contribution in [0.25, 0.3) is 0 Å². The van der Waals surface area contributed by atoms with E-state index in [1.54, 1.807) is 12.1 Å². The molecule has 0 atom stereocenters. The van der Waals surface area contributed by atoms with Crippen LogP contribution in [0.1, 0.15) is 30.4 Å². The smallest absolute Gasteiger partial charge is 0.235 e. The molecular weight excluding hydrogens is 311 g/mol. The fourth-order valence-electron chi connectivity index (χ4n) is 3.39. The Kier molecular flexibility index (Phi) is 3.34. The normalized spacial score (nSPS) is 17.6. The van der Waals surface area contributed by atoms with Crippen LogP contribution in [-0.4, -0.2) is 5.91 Å². The van der Waals surface area contributed by atoms with Gasteiger partial charge in [-0.2, -0.15) is 0 Å². The lowest BCUT2D eigenvalue weighted by Gasteiger charge is -2.36. The molecule has 5 heteroatoms. The van der Waals surface area contributed by atoms with Crippen molar-refractivity contribution in [3.8, 4) is 0 Å². The van der Waals surface area contributed by atoms with Crippen LogP contribution in [0.3, 0.4) is 0 Å². The van der Waals surface area contributed by atoms with Crippen LogP contribution < -0.4 is 10.0 Å². The Morgan fingerprint density at radius 1 is 1.22 bits per heavy atom. The monoisotopic (exact) mass is 328 g/mol. The summed E-state index contributed by atoms with van der Waals surface area (Å²) < 4.78 is 16.3. The van der Waals surface area contributed by atoms with Gasteiger partial charge in [-0.05, 0) is 79.2 Å². The zero-order valence-electron chi connectivity index (χ0n) is 12.8. The van der Waals surface area contributed by atoms with E-state index >= 15 is 0 Å². The van der Waals surface area contributed by atoms with Crippen molar-refractivity contribution in [3.05, 3.63) is 53.3 Å². The topological polar surface area (TPSA) is 41.1 Å². The molecule has 1 aliphatic heterocycles. The van der Waals surface area contributed by atoms with Gasteiger partial charge in [-0.3, -0.25) is 4.79 Å².